The van der Waals surface area contributed by atoms with E-state index in [9.17, 15) is 0 Å². The summed E-state index contributed by atoms with van der Waals surface area (Å²) in [4.78, 5) is 10.1. The first kappa shape index (κ1) is 20.9. The minimum Gasteiger partial charge on any atom is -0.356 e. The lowest BCUT2D eigenvalue weighted by molar-refractivity contribution is 0.698. The highest BCUT2D eigenvalue weighted by molar-refractivity contribution is 14.0. The Morgan fingerprint density at radius 3 is 2.38 bits per heavy atom. The van der Waals surface area contributed by atoms with Gasteiger partial charge in [0.15, 0.2) is 5.96 Å². The fourth-order valence-corrected chi connectivity index (χ4v) is 3.13. The Bertz CT molecular complexity index is 645. The Labute approximate surface area is 166 Å². The van der Waals surface area contributed by atoms with E-state index in [1.807, 2.05) is 6.92 Å². The van der Waals surface area contributed by atoms with Gasteiger partial charge >= 0.3 is 0 Å². The molecule has 0 radical (unpaired) electrons. The second kappa shape index (κ2) is 9.98. The lowest BCUT2D eigenvalue weighted by Crippen LogP contribution is -2.38. The van der Waals surface area contributed by atoms with E-state index in [1.54, 1.807) is 18.4 Å². The van der Waals surface area contributed by atoms with E-state index in [0.717, 1.165) is 23.2 Å². The Kier molecular flexibility index (Phi) is 8.69. The van der Waals surface area contributed by atoms with Crippen LogP contribution in [0.3, 0.4) is 0 Å². The zero-order valence-corrected chi connectivity index (χ0v) is 18.2. The number of guanidine groups is 1. The molecule has 0 amide bonds. The Morgan fingerprint density at radius 2 is 1.83 bits per heavy atom. The van der Waals surface area contributed by atoms with Crippen molar-refractivity contribution < 1.29 is 0 Å². The van der Waals surface area contributed by atoms with Crippen molar-refractivity contribution in [2.24, 2.45) is 4.99 Å². The van der Waals surface area contributed by atoms with Crippen LogP contribution in [0.2, 0.25) is 0 Å². The maximum absolute atomic E-state index is 4.54. The van der Waals surface area contributed by atoms with E-state index >= 15 is 0 Å². The molecular formula is C18H27IN4S. The van der Waals surface area contributed by atoms with Gasteiger partial charge in [-0.3, -0.25) is 4.99 Å². The number of hydrogen-bond donors (Lipinski definition) is 2. The molecular weight excluding hydrogens is 431 g/mol. The molecule has 1 aromatic heterocycles. The number of nitrogens with zero attached hydrogens (tertiary/aromatic N) is 2. The van der Waals surface area contributed by atoms with Crippen molar-refractivity contribution in [3.05, 3.63) is 51.0 Å². The van der Waals surface area contributed by atoms with Crippen LogP contribution in [-0.4, -0.2) is 24.5 Å². The predicted octanol–water partition coefficient (Wildman–Crippen LogP) is 4.16. The molecule has 1 heterocycles. The smallest absolute Gasteiger partial charge is 0.191 e. The molecule has 0 fully saturated rings. The summed E-state index contributed by atoms with van der Waals surface area (Å²) in [5.74, 6) is 1.24. The van der Waals surface area contributed by atoms with Gasteiger partial charge in [0.25, 0.3) is 0 Å². The second-order valence-electron chi connectivity index (χ2n) is 5.87. The number of nitrogens with one attached hydrogen (secondary N) is 2. The molecule has 24 heavy (non-hydrogen) atoms. The first-order valence-electron chi connectivity index (χ1n) is 7.93. The summed E-state index contributed by atoms with van der Waals surface area (Å²) >= 11 is 1.73. The van der Waals surface area contributed by atoms with Gasteiger partial charge in [-0.05, 0) is 32.3 Å². The fourth-order valence-electron chi connectivity index (χ4n) is 2.26. The average Bonchev–Trinajstić information content (AvgIpc) is 2.86. The molecule has 1 unspecified atom stereocenters. The SMILES string of the molecule is CN=C(NCc1nc(C)c(C)s1)NCC(C)c1ccc(C)cc1.I. The highest BCUT2D eigenvalue weighted by Gasteiger charge is 2.08. The van der Waals surface area contributed by atoms with Crippen molar-refractivity contribution in [3.8, 4) is 0 Å². The first-order chi connectivity index (χ1) is 11.0. The molecule has 4 nitrogen and oxygen atoms in total. The van der Waals surface area contributed by atoms with Crippen LogP contribution in [0.4, 0.5) is 0 Å². The molecule has 0 saturated heterocycles. The molecule has 2 rings (SSSR count). The van der Waals surface area contributed by atoms with Crippen LogP contribution in [0.15, 0.2) is 29.3 Å². The molecule has 0 aliphatic rings. The molecule has 0 aliphatic heterocycles. The van der Waals surface area contributed by atoms with Crippen molar-refractivity contribution in [2.45, 2.75) is 40.2 Å². The molecule has 1 aromatic carbocycles. The Hall–Kier alpha value is -1.15. The van der Waals surface area contributed by atoms with Gasteiger partial charge in [0, 0.05) is 18.5 Å². The monoisotopic (exact) mass is 458 g/mol. The molecule has 0 bridgehead atoms. The largest absolute Gasteiger partial charge is 0.356 e. The number of rotatable bonds is 5. The third-order valence-corrected chi connectivity index (χ3v) is 5.00. The maximum Gasteiger partial charge on any atom is 0.191 e. The summed E-state index contributed by atoms with van der Waals surface area (Å²) in [6, 6.07) is 8.70. The van der Waals surface area contributed by atoms with Crippen molar-refractivity contribution in [3.63, 3.8) is 0 Å². The normalized spacial score (nSPS) is 12.5. The summed E-state index contributed by atoms with van der Waals surface area (Å²) in [6.07, 6.45) is 0. The molecule has 2 aromatic rings. The first-order valence-corrected chi connectivity index (χ1v) is 8.75. The fraction of sp³-hybridized carbons (Fsp3) is 0.444. The predicted molar refractivity (Wildman–Crippen MR) is 115 cm³/mol. The Balaban J connectivity index is 0.00000288. The summed E-state index contributed by atoms with van der Waals surface area (Å²) < 4.78 is 0. The third kappa shape index (κ3) is 6.05. The molecule has 2 N–H and O–H groups in total. The molecule has 1 atom stereocenters. The number of aryl methyl sites for hydroxylation is 3. The van der Waals surface area contributed by atoms with Crippen molar-refractivity contribution >= 4 is 41.3 Å². The summed E-state index contributed by atoms with van der Waals surface area (Å²) in [6.45, 7) is 10.0. The van der Waals surface area contributed by atoms with Gasteiger partial charge in [-0.1, -0.05) is 36.8 Å². The number of aliphatic imine (C=N–C) groups is 1. The van der Waals surface area contributed by atoms with E-state index in [1.165, 1.54) is 16.0 Å². The van der Waals surface area contributed by atoms with Gasteiger partial charge in [0.1, 0.15) is 5.01 Å². The van der Waals surface area contributed by atoms with E-state index in [0.29, 0.717) is 12.5 Å². The number of halogens is 1. The molecule has 0 saturated carbocycles. The Morgan fingerprint density at radius 1 is 1.17 bits per heavy atom. The summed E-state index contributed by atoms with van der Waals surface area (Å²) in [5.41, 5.74) is 3.74. The van der Waals surface area contributed by atoms with E-state index < -0.39 is 0 Å². The van der Waals surface area contributed by atoms with Gasteiger partial charge in [-0.2, -0.15) is 0 Å². The standard InChI is InChI=1S/C18H26N4S.HI/c1-12-6-8-16(9-7-12)13(2)10-20-18(19-5)21-11-17-22-14(3)15(4)23-17;/h6-9,13H,10-11H2,1-5H3,(H2,19,20,21);1H. The topological polar surface area (TPSA) is 49.3 Å². The van der Waals surface area contributed by atoms with Gasteiger partial charge in [-0.15, -0.1) is 35.3 Å². The zero-order chi connectivity index (χ0) is 16.8. The van der Waals surface area contributed by atoms with Crippen molar-refractivity contribution in [2.75, 3.05) is 13.6 Å². The molecule has 0 spiro atoms. The minimum atomic E-state index is 0. The average molecular weight is 458 g/mol. The highest BCUT2D eigenvalue weighted by atomic mass is 127. The zero-order valence-electron chi connectivity index (χ0n) is 15.0. The van der Waals surface area contributed by atoms with Crippen molar-refractivity contribution in [1.29, 1.82) is 0 Å². The number of thiazole rings is 1. The maximum atomic E-state index is 4.54. The number of benzene rings is 1. The highest BCUT2D eigenvalue weighted by Crippen LogP contribution is 2.16. The van der Waals surface area contributed by atoms with E-state index in [2.05, 4.69) is 65.6 Å². The van der Waals surface area contributed by atoms with Crippen molar-refractivity contribution in [1.82, 2.24) is 15.6 Å². The van der Waals surface area contributed by atoms with Crippen LogP contribution in [0, 0.1) is 20.8 Å². The summed E-state index contributed by atoms with van der Waals surface area (Å²) in [7, 11) is 1.80. The van der Waals surface area contributed by atoms with E-state index in [-0.39, 0.29) is 24.0 Å². The lowest BCUT2D eigenvalue weighted by atomic mass is 10.0. The molecule has 132 valence electrons. The van der Waals surface area contributed by atoms with Crippen LogP contribution in [0.1, 0.15) is 39.5 Å². The lowest BCUT2D eigenvalue weighted by Gasteiger charge is -2.16. The minimum absolute atomic E-state index is 0. The van der Waals surface area contributed by atoms with Crippen LogP contribution in [0.25, 0.3) is 0 Å². The van der Waals surface area contributed by atoms with Gasteiger partial charge in [-0.25, -0.2) is 4.98 Å². The second-order valence-corrected chi connectivity index (χ2v) is 7.16. The molecule has 0 aliphatic carbocycles. The van der Waals surface area contributed by atoms with Gasteiger partial charge < -0.3 is 10.6 Å². The van der Waals surface area contributed by atoms with Gasteiger partial charge in [0.05, 0.1) is 12.2 Å². The van der Waals surface area contributed by atoms with Gasteiger partial charge in [0.2, 0.25) is 0 Å². The third-order valence-electron chi connectivity index (χ3n) is 3.93. The van der Waals surface area contributed by atoms with E-state index in [4.69, 9.17) is 0 Å². The summed E-state index contributed by atoms with van der Waals surface area (Å²) in [5, 5.41) is 7.81. The number of aromatic nitrogens is 1. The van der Waals surface area contributed by atoms with Crippen LogP contribution >= 0.6 is 35.3 Å². The molecule has 6 heteroatoms. The van der Waals surface area contributed by atoms with Crippen LogP contribution in [0.5, 0.6) is 0 Å². The quantitative estimate of drug-likeness (QED) is 0.402. The van der Waals surface area contributed by atoms with Crippen LogP contribution < -0.4 is 10.6 Å². The van der Waals surface area contributed by atoms with Crippen LogP contribution in [-0.2, 0) is 6.54 Å². The number of hydrogen-bond acceptors (Lipinski definition) is 3.